The van der Waals surface area contributed by atoms with Gasteiger partial charge in [-0.1, -0.05) is 13.3 Å². The largest absolute Gasteiger partial charge is 0.379 e. The highest BCUT2D eigenvalue weighted by Crippen LogP contribution is 2.28. The molecule has 88 valence electrons. The van der Waals surface area contributed by atoms with Gasteiger partial charge in [0.15, 0.2) is 0 Å². The first-order chi connectivity index (χ1) is 7.56. The van der Waals surface area contributed by atoms with Gasteiger partial charge in [0.05, 0.1) is 4.92 Å². The van der Waals surface area contributed by atoms with Crippen molar-refractivity contribution in [2.45, 2.75) is 19.8 Å². The van der Waals surface area contributed by atoms with Crippen molar-refractivity contribution in [3.8, 4) is 0 Å². The molecule has 1 aromatic rings. The Hall–Kier alpha value is -1.72. The molecule has 0 bridgehead atoms. The summed E-state index contributed by atoms with van der Waals surface area (Å²) >= 11 is 0. The number of nitrogens with one attached hydrogen (secondary N) is 1. The summed E-state index contributed by atoms with van der Waals surface area (Å²) in [6.45, 7) is 2.39. The Morgan fingerprint density at radius 2 is 2.12 bits per heavy atom. The van der Waals surface area contributed by atoms with Crippen molar-refractivity contribution in [3.63, 3.8) is 0 Å². The minimum absolute atomic E-state index is 0.115. The van der Waals surface area contributed by atoms with Crippen molar-refractivity contribution in [3.05, 3.63) is 33.9 Å². The molecule has 1 N–H and O–H groups in total. The van der Waals surface area contributed by atoms with Crippen molar-refractivity contribution < 1.29 is 13.7 Å². The Bertz CT molecular complexity index is 397. The molecule has 0 aliphatic rings. The first-order valence-electron chi connectivity index (χ1n) is 4.93. The van der Waals surface area contributed by atoms with Gasteiger partial charge in [0.2, 0.25) is 5.82 Å². The van der Waals surface area contributed by atoms with Crippen LogP contribution >= 0.6 is 0 Å². The number of nitro benzene ring substituents is 1. The Morgan fingerprint density at radius 3 is 2.69 bits per heavy atom. The third-order valence-electron chi connectivity index (χ3n) is 2.06. The molecule has 0 aliphatic heterocycles. The monoisotopic (exact) mass is 230 g/mol. The number of anilines is 1. The van der Waals surface area contributed by atoms with E-state index in [9.17, 15) is 18.9 Å². The number of hydrogen-bond donors (Lipinski definition) is 1. The average Bonchev–Trinajstić information content (AvgIpc) is 2.16. The van der Waals surface area contributed by atoms with Gasteiger partial charge >= 0.3 is 5.69 Å². The molecule has 16 heavy (non-hydrogen) atoms. The molecule has 4 nitrogen and oxygen atoms in total. The van der Waals surface area contributed by atoms with E-state index >= 15 is 0 Å². The van der Waals surface area contributed by atoms with Gasteiger partial charge in [-0.25, -0.2) is 4.39 Å². The molecule has 0 unspecified atom stereocenters. The predicted octanol–water partition coefficient (Wildman–Crippen LogP) is 3.09. The van der Waals surface area contributed by atoms with Crippen molar-refractivity contribution in [2.75, 3.05) is 11.9 Å². The second kappa shape index (κ2) is 5.39. The minimum atomic E-state index is -1.16. The number of benzene rings is 1. The zero-order valence-corrected chi connectivity index (χ0v) is 8.80. The first kappa shape index (κ1) is 12.4. The number of rotatable bonds is 5. The van der Waals surface area contributed by atoms with Crippen LogP contribution in [0, 0.1) is 21.7 Å². The molecule has 1 aromatic carbocycles. The molecule has 0 aromatic heterocycles. The van der Waals surface area contributed by atoms with Crippen LogP contribution in [0.15, 0.2) is 12.1 Å². The predicted molar refractivity (Wildman–Crippen MR) is 56.4 cm³/mol. The van der Waals surface area contributed by atoms with Crippen molar-refractivity contribution in [2.24, 2.45) is 0 Å². The van der Waals surface area contributed by atoms with E-state index in [1.807, 2.05) is 6.92 Å². The summed E-state index contributed by atoms with van der Waals surface area (Å²) in [6.07, 6.45) is 1.66. The lowest BCUT2D eigenvalue weighted by Gasteiger charge is -2.06. The van der Waals surface area contributed by atoms with Gasteiger partial charge in [-0.15, -0.1) is 0 Å². The summed E-state index contributed by atoms with van der Waals surface area (Å²) in [5.74, 6) is -1.99. The molecule has 1 rings (SSSR count). The van der Waals surface area contributed by atoms with E-state index in [1.54, 1.807) is 0 Å². The van der Waals surface area contributed by atoms with Gasteiger partial charge in [0.25, 0.3) is 0 Å². The number of hydrogen-bond acceptors (Lipinski definition) is 3. The highest BCUT2D eigenvalue weighted by Gasteiger charge is 2.21. The lowest BCUT2D eigenvalue weighted by atomic mass is 10.2. The van der Waals surface area contributed by atoms with Gasteiger partial charge < -0.3 is 5.32 Å². The average molecular weight is 230 g/mol. The summed E-state index contributed by atoms with van der Waals surface area (Å²) in [6, 6.07) is 1.43. The van der Waals surface area contributed by atoms with Gasteiger partial charge in [0.1, 0.15) is 11.5 Å². The molecule has 0 atom stereocenters. The van der Waals surface area contributed by atoms with E-state index in [0.29, 0.717) is 12.6 Å². The number of unbranched alkanes of at least 4 members (excludes halogenated alkanes) is 1. The minimum Gasteiger partial charge on any atom is -0.379 e. The first-order valence-corrected chi connectivity index (χ1v) is 4.93. The lowest BCUT2D eigenvalue weighted by molar-refractivity contribution is -0.386. The Kier molecular flexibility index (Phi) is 4.16. The Labute approximate surface area is 91.4 Å². The number of nitrogens with zero attached hydrogens (tertiary/aromatic N) is 1. The molecule has 0 heterocycles. The standard InChI is InChI=1S/C10H12F2N2O2/c1-2-3-4-13-9-6-7(11)5-8(12)10(9)14(15)16/h5-6,13H,2-4H2,1H3. The lowest BCUT2D eigenvalue weighted by Crippen LogP contribution is -2.06. The van der Waals surface area contributed by atoms with E-state index in [-0.39, 0.29) is 5.69 Å². The maximum atomic E-state index is 13.1. The third kappa shape index (κ3) is 2.88. The molecule has 0 saturated heterocycles. The van der Waals surface area contributed by atoms with Crippen LogP contribution in [-0.4, -0.2) is 11.5 Å². The van der Waals surface area contributed by atoms with Crippen LogP contribution in [0.25, 0.3) is 0 Å². The van der Waals surface area contributed by atoms with Gasteiger partial charge in [-0.2, -0.15) is 4.39 Å². The zero-order chi connectivity index (χ0) is 12.1. The molecule has 0 radical (unpaired) electrons. The summed E-state index contributed by atoms with van der Waals surface area (Å²) in [7, 11) is 0. The molecule has 0 aliphatic carbocycles. The van der Waals surface area contributed by atoms with Crippen LogP contribution < -0.4 is 5.32 Å². The van der Waals surface area contributed by atoms with E-state index in [4.69, 9.17) is 0 Å². The highest BCUT2D eigenvalue weighted by atomic mass is 19.1. The Balaban J connectivity index is 2.99. The van der Waals surface area contributed by atoms with Gasteiger partial charge in [-0.05, 0) is 6.42 Å². The summed E-state index contributed by atoms with van der Waals surface area (Å²) < 4.78 is 26.0. The molecule has 0 saturated carbocycles. The summed E-state index contributed by atoms with van der Waals surface area (Å²) in [5, 5.41) is 13.2. The van der Waals surface area contributed by atoms with Crippen LogP contribution in [0.4, 0.5) is 20.2 Å². The number of halogens is 2. The van der Waals surface area contributed by atoms with E-state index < -0.39 is 22.2 Å². The fourth-order valence-corrected chi connectivity index (χ4v) is 1.29. The van der Waals surface area contributed by atoms with Crippen LogP contribution in [0.2, 0.25) is 0 Å². The fraction of sp³-hybridized carbons (Fsp3) is 0.400. The smallest absolute Gasteiger partial charge is 0.327 e. The summed E-state index contributed by atoms with van der Waals surface area (Å²) in [5.41, 5.74) is -0.826. The topological polar surface area (TPSA) is 55.2 Å². The normalized spacial score (nSPS) is 10.2. The van der Waals surface area contributed by atoms with Crippen LogP contribution in [0.5, 0.6) is 0 Å². The molecule has 0 amide bonds. The van der Waals surface area contributed by atoms with Crippen LogP contribution in [0.3, 0.4) is 0 Å². The van der Waals surface area contributed by atoms with Gasteiger partial charge in [0, 0.05) is 18.7 Å². The summed E-state index contributed by atoms with van der Waals surface area (Å²) in [4.78, 5) is 9.73. The zero-order valence-electron chi connectivity index (χ0n) is 8.80. The van der Waals surface area contributed by atoms with E-state index in [0.717, 1.165) is 18.9 Å². The van der Waals surface area contributed by atoms with Crippen LogP contribution in [0.1, 0.15) is 19.8 Å². The molecular weight excluding hydrogens is 218 g/mol. The van der Waals surface area contributed by atoms with Gasteiger partial charge in [-0.3, -0.25) is 10.1 Å². The molecule has 0 fully saturated rings. The maximum Gasteiger partial charge on any atom is 0.327 e. The van der Waals surface area contributed by atoms with Crippen LogP contribution in [-0.2, 0) is 0 Å². The van der Waals surface area contributed by atoms with Crippen molar-refractivity contribution >= 4 is 11.4 Å². The highest BCUT2D eigenvalue weighted by molar-refractivity contribution is 5.62. The Morgan fingerprint density at radius 1 is 1.44 bits per heavy atom. The molecule has 6 heteroatoms. The molecule has 0 spiro atoms. The van der Waals surface area contributed by atoms with E-state index in [2.05, 4.69) is 5.32 Å². The SMILES string of the molecule is CCCCNc1cc(F)cc(F)c1[N+](=O)[O-]. The number of nitro groups is 1. The fourth-order valence-electron chi connectivity index (χ4n) is 1.29. The molecular formula is C10H12F2N2O2. The second-order valence-corrected chi connectivity index (χ2v) is 3.32. The van der Waals surface area contributed by atoms with E-state index in [1.165, 1.54) is 0 Å². The van der Waals surface area contributed by atoms with Crippen molar-refractivity contribution in [1.29, 1.82) is 0 Å². The maximum absolute atomic E-state index is 13.1. The quantitative estimate of drug-likeness (QED) is 0.480. The third-order valence-corrected chi connectivity index (χ3v) is 2.06. The second-order valence-electron chi connectivity index (χ2n) is 3.32. The van der Waals surface area contributed by atoms with Crippen molar-refractivity contribution in [1.82, 2.24) is 0 Å².